The molecule has 1 aromatic rings. The summed E-state index contributed by atoms with van der Waals surface area (Å²) in [5.41, 5.74) is 6.77. The van der Waals surface area contributed by atoms with E-state index in [1.54, 1.807) is 6.92 Å². The van der Waals surface area contributed by atoms with Gasteiger partial charge >= 0.3 is 11.9 Å². The first-order valence-electron chi connectivity index (χ1n) is 8.10. The zero-order valence-electron chi connectivity index (χ0n) is 14.7. The smallest absolute Gasteiger partial charge is 0.357 e. The van der Waals surface area contributed by atoms with Crippen LogP contribution in [0.3, 0.4) is 0 Å². The number of ether oxygens (including phenoxy) is 2. The van der Waals surface area contributed by atoms with Gasteiger partial charge in [0.15, 0.2) is 4.34 Å². The Bertz CT molecular complexity index is 796. The van der Waals surface area contributed by atoms with Gasteiger partial charge in [0, 0.05) is 17.9 Å². The number of nitrogens with two attached hydrogens (primary N) is 1. The van der Waals surface area contributed by atoms with Crippen LogP contribution in [0, 0.1) is 6.92 Å². The second-order valence-corrected chi connectivity index (χ2v) is 9.19. The van der Waals surface area contributed by atoms with E-state index in [9.17, 15) is 14.4 Å². The van der Waals surface area contributed by atoms with Crippen LogP contribution in [0.2, 0.25) is 0 Å². The zero-order valence-corrected chi connectivity index (χ0v) is 17.1. The molecule has 1 amide bonds. The Morgan fingerprint density at radius 2 is 2.15 bits per heavy atom. The summed E-state index contributed by atoms with van der Waals surface area (Å²) in [6, 6.07) is -0.629. The number of β-lactam (4-membered cyclic amide) rings is 1. The number of aryl methyl sites for hydroxylation is 1. The number of carbonyl (C=O) groups is 3. The highest BCUT2D eigenvalue weighted by atomic mass is 32.2. The monoisotopic (exact) mass is 430 g/mol. The van der Waals surface area contributed by atoms with Crippen molar-refractivity contribution in [1.82, 2.24) is 15.1 Å². The molecule has 1 saturated heterocycles. The van der Waals surface area contributed by atoms with Crippen LogP contribution in [-0.2, 0) is 23.9 Å². The summed E-state index contributed by atoms with van der Waals surface area (Å²) >= 11 is 4.41. The molecule has 0 saturated carbocycles. The second kappa shape index (κ2) is 8.59. The average molecular weight is 431 g/mol. The Morgan fingerprint density at radius 1 is 1.37 bits per heavy atom. The number of rotatable bonds is 7. The molecule has 2 aliphatic heterocycles. The molecule has 12 heteroatoms. The van der Waals surface area contributed by atoms with Crippen molar-refractivity contribution in [1.29, 1.82) is 0 Å². The van der Waals surface area contributed by atoms with Crippen molar-refractivity contribution in [2.45, 2.75) is 36.0 Å². The molecular weight excluding hydrogens is 412 g/mol. The number of hydrogen-bond donors (Lipinski definition) is 1. The first-order valence-corrected chi connectivity index (χ1v) is 10.9. The van der Waals surface area contributed by atoms with Crippen molar-refractivity contribution in [3.05, 3.63) is 16.3 Å². The highest BCUT2D eigenvalue weighted by Gasteiger charge is 2.52. The first-order chi connectivity index (χ1) is 12.9. The van der Waals surface area contributed by atoms with E-state index in [0.29, 0.717) is 11.5 Å². The predicted octanol–water partition coefficient (Wildman–Crippen LogP) is 0.889. The number of fused-ring (bicyclic) bond motifs is 1. The molecule has 2 aliphatic rings. The van der Waals surface area contributed by atoms with Crippen molar-refractivity contribution < 1.29 is 23.9 Å². The Kier molecular flexibility index (Phi) is 6.40. The van der Waals surface area contributed by atoms with Crippen LogP contribution in [0.5, 0.6) is 0 Å². The van der Waals surface area contributed by atoms with Crippen LogP contribution in [0.15, 0.2) is 15.6 Å². The van der Waals surface area contributed by atoms with E-state index in [4.69, 9.17) is 15.2 Å². The van der Waals surface area contributed by atoms with Crippen LogP contribution in [0.25, 0.3) is 0 Å². The normalized spacial score (nSPS) is 21.6. The summed E-state index contributed by atoms with van der Waals surface area (Å²) in [5, 5.41) is 8.59. The van der Waals surface area contributed by atoms with Gasteiger partial charge in [0.05, 0.1) is 0 Å². The van der Waals surface area contributed by atoms with Crippen LogP contribution in [0.4, 0.5) is 0 Å². The molecule has 0 bridgehead atoms. The lowest BCUT2D eigenvalue weighted by molar-refractivity contribution is -0.167. The van der Waals surface area contributed by atoms with Crippen LogP contribution in [0.1, 0.15) is 18.4 Å². The summed E-state index contributed by atoms with van der Waals surface area (Å²) in [6.45, 7) is 3.01. The fraction of sp³-hybridized carbons (Fsp3) is 0.533. The molecule has 2 unspecified atom stereocenters. The van der Waals surface area contributed by atoms with Crippen LogP contribution in [-0.4, -0.2) is 62.7 Å². The van der Waals surface area contributed by atoms with Gasteiger partial charge in [-0.25, -0.2) is 4.79 Å². The van der Waals surface area contributed by atoms with Gasteiger partial charge in [0.25, 0.3) is 0 Å². The van der Waals surface area contributed by atoms with E-state index in [1.165, 1.54) is 39.8 Å². The first kappa shape index (κ1) is 20.1. The number of hydrogen-bond acceptors (Lipinski definition) is 11. The van der Waals surface area contributed by atoms with E-state index in [-0.39, 0.29) is 23.4 Å². The number of esters is 2. The minimum absolute atomic E-state index is 0.182. The number of thioether (sulfide) groups is 2. The summed E-state index contributed by atoms with van der Waals surface area (Å²) in [4.78, 5) is 37.4. The van der Waals surface area contributed by atoms with Gasteiger partial charge in [-0.05, 0) is 12.5 Å². The largest absolute Gasteiger partial charge is 0.428 e. The van der Waals surface area contributed by atoms with Crippen LogP contribution < -0.4 is 5.73 Å². The SMILES string of the molecule is CCC(=O)OCOC(=O)C1=C(CSc2nnc(C)s2)CSC2C(N)C(=O)N12. The average Bonchev–Trinajstić information content (AvgIpc) is 3.09. The molecule has 27 heavy (non-hydrogen) atoms. The lowest BCUT2D eigenvalue weighted by Gasteiger charge is -2.48. The van der Waals surface area contributed by atoms with E-state index in [1.807, 2.05) is 6.92 Å². The Balaban J connectivity index is 1.74. The minimum Gasteiger partial charge on any atom is -0.428 e. The van der Waals surface area contributed by atoms with Crippen molar-refractivity contribution in [3.63, 3.8) is 0 Å². The molecule has 1 fully saturated rings. The number of amides is 1. The van der Waals surface area contributed by atoms with Gasteiger partial charge < -0.3 is 15.2 Å². The van der Waals surface area contributed by atoms with Gasteiger partial charge in [0.2, 0.25) is 12.7 Å². The molecule has 0 spiro atoms. The summed E-state index contributed by atoms with van der Waals surface area (Å²) < 4.78 is 10.6. The molecule has 146 valence electrons. The molecule has 1 aromatic heterocycles. The highest BCUT2D eigenvalue weighted by Crippen LogP contribution is 2.41. The van der Waals surface area contributed by atoms with E-state index in [0.717, 1.165) is 14.9 Å². The molecule has 3 heterocycles. The molecule has 0 aromatic carbocycles. The van der Waals surface area contributed by atoms with Crippen molar-refractivity contribution in [3.8, 4) is 0 Å². The zero-order chi connectivity index (χ0) is 19.6. The van der Waals surface area contributed by atoms with Gasteiger partial charge in [0.1, 0.15) is 22.1 Å². The molecule has 2 atom stereocenters. The molecule has 3 rings (SSSR count). The fourth-order valence-corrected chi connectivity index (χ4v) is 5.73. The van der Waals surface area contributed by atoms with Crippen molar-refractivity contribution >= 4 is 52.7 Å². The summed E-state index contributed by atoms with van der Waals surface area (Å²) in [5.74, 6) is -0.482. The molecule has 0 aliphatic carbocycles. The predicted molar refractivity (Wildman–Crippen MR) is 101 cm³/mol. The summed E-state index contributed by atoms with van der Waals surface area (Å²) in [7, 11) is 0. The quantitative estimate of drug-likeness (QED) is 0.288. The summed E-state index contributed by atoms with van der Waals surface area (Å²) in [6.07, 6.45) is 0.182. The lowest BCUT2D eigenvalue weighted by Crippen LogP contribution is -2.68. The van der Waals surface area contributed by atoms with Crippen molar-refractivity contribution in [2.75, 3.05) is 18.3 Å². The Morgan fingerprint density at radius 3 is 2.81 bits per heavy atom. The second-order valence-electron chi connectivity index (χ2n) is 5.68. The van der Waals surface area contributed by atoms with Gasteiger partial charge in [-0.15, -0.1) is 22.0 Å². The van der Waals surface area contributed by atoms with E-state index in [2.05, 4.69) is 10.2 Å². The van der Waals surface area contributed by atoms with Gasteiger partial charge in [-0.2, -0.15) is 0 Å². The molecule has 2 N–H and O–H groups in total. The number of carbonyl (C=O) groups excluding carboxylic acids is 3. The highest BCUT2D eigenvalue weighted by molar-refractivity contribution is 8.01. The topological polar surface area (TPSA) is 125 Å². The van der Waals surface area contributed by atoms with E-state index >= 15 is 0 Å². The standard InChI is InChI=1S/C15H18N4O5S3/c1-3-9(20)23-6-24-14(22)11-8(5-26-15-18-17-7(2)27-15)4-25-13-10(16)12(21)19(11)13/h10,13H,3-6,16H2,1-2H3. The molecule has 0 radical (unpaired) electrons. The maximum absolute atomic E-state index is 12.6. The minimum atomic E-state index is -0.700. The number of nitrogens with zero attached hydrogens (tertiary/aromatic N) is 3. The maximum atomic E-state index is 12.6. The van der Waals surface area contributed by atoms with Gasteiger partial charge in [-0.1, -0.05) is 30.0 Å². The van der Waals surface area contributed by atoms with Gasteiger partial charge in [-0.3, -0.25) is 14.5 Å². The Hall–Kier alpha value is -1.63. The Labute approximate surface area is 168 Å². The lowest BCUT2D eigenvalue weighted by atomic mass is 10.0. The fourth-order valence-electron chi connectivity index (χ4n) is 2.48. The van der Waals surface area contributed by atoms with Crippen molar-refractivity contribution in [2.24, 2.45) is 5.73 Å². The molecule has 9 nitrogen and oxygen atoms in total. The van der Waals surface area contributed by atoms with E-state index < -0.39 is 24.8 Å². The maximum Gasteiger partial charge on any atom is 0.357 e. The molecular formula is C15H18N4O5S3. The van der Waals surface area contributed by atoms with Crippen LogP contribution >= 0.6 is 34.9 Å². The third kappa shape index (κ3) is 4.28. The third-order valence-electron chi connectivity index (χ3n) is 3.86. The third-order valence-corrected chi connectivity index (χ3v) is 7.28. The number of aromatic nitrogens is 2.